The quantitative estimate of drug-likeness (QED) is 0.597. The third-order valence-corrected chi connectivity index (χ3v) is 6.77. The molecule has 3 fully saturated rings. The highest BCUT2D eigenvalue weighted by Gasteiger charge is 2.72. The van der Waals surface area contributed by atoms with Crippen molar-refractivity contribution in [2.45, 2.75) is 18.3 Å². The van der Waals surface area contributed by atoms with Gasteiger partial charge in [0.15, 0.2) is 6.10 Å². The van der Waals surface area contributed by atoms with E-state index in [9.17, 15) is 9.59 Å². The highest BCUT2D eigenvalue weighted by atomic mass is 16.7. The number of benzene rings is 2. The van der Waals surface area contributed by atoms with Crippen molar-refractivity contribution in [3.05, 3.63) is 66.5 Å². The maximum Gasteiger partial charge on any atom is 0.240 e. The topological polar surface area (TPSA) is 94.0 Å². The van der Waals surface area contributed by atoms with Crippen molar-refractivity contribution in [2.75, 3.05) is 4.90 Å². The number of carbonyl (C=O) groups excluding carboxylic acids is 2. The van der Waals surface area contributed by atoms with Gasteiger partial charge in [-0.25, -0.2) is 9.88 Å². The van der Waals surface area contributed by atoms with Crippen molar-refractivity contribution in [1.82, 2.24) is 9.97 Å². The van der Waals surface area contributed by atoms with Crippen LogP contribution in [0.15, 0.2) is 65.9 Å². The minimum atomic E-state index is -0.545. The smallest absolute Gasteiger partial charge is 0.240 e. The van der Waals surface area contributed by atoms with E-state index in [0.717, 1.165) is 11.0 Å². The van der Waals surface area contributed by atoms with Gasteiger partial charge in [-0.2, -0.15) is 0 Å². The molecule has 6 atom stereocenters. The molecule has 0 radical (unpaired) electrons. The average molecular weight is 412 g/mol. The third-order valence-electron chi connectivity index (χ3n) is 6.77. The molecule has 0 spiro atoms. The lowest BCUT2D eigenvalue weighted by atomic mass is 9.72. The normalized spacial score (nSPS) is 32.9. The number of carbonyl (C=O) groups is 2. The van der Waals surface area contributed by atoms with E-state index in [-0.39, 0.29) is 17.7 Å². The molecule has 4 aliphatic rings. The predicted octanol–water partition coefficient (Wildman–Crippen LogP) is 1.94. The van der Waals surface area contributed by atoms with Crippen molar-refractivity contribution in [1.29, 1.82) is 0 Å². The molecular weight excluding hydrogens is 396 g/mol. The Balaban J connectivity index is 1.26. The van der Waals surface area contributed by atoms with Crippen LogP contribution >= 0.6 is 0 Å². The molecule has 5 heterocycles. The van der Waals surface area contributed by atoms with E-state index in [1.807, 2.05) is 42.5 Å². The molecule has 0 N–H and O–H groups in total. The number of ether oxygens (including phenoxy) is 1. The summed E-state index contributed by atoms with van der Waals surface area (Å²) in [6.45, 7) is 0. The van der Waals surface area contributed by atoms with Crippen LogP contribution in [0, 0.1) is 17.8 Å². The molecule has 152 valence electrons. The van der Waals surface area contributed by atoms with Crippen molar-refractivity contribution in [3.8, 4) is 0 Å². The molecule has 0 aliphatic carbocycles. The summed E-state index contributed by atoms with van der Waals surface area (Å²) in [6.07, 6.45) is 0.301. The Kier molecular flexibility index (Phi) is 3.28. The maximum absolute atomic E-state index is 13.3. The van der Waals surface area contributed by atoms with Crippen LogP contribution in [0.25, 0.3) is 11.0 Å². The number of para-hydroxylation sites is 3. The van der Waals surface area contributed by atoms with E-state index in [2.05, 4.69) is 10.1 Å². The number of hydrogen-bond acceptors (Lipinski definition) is 7. The van der Waals surface area contributed by atoms with Gasteiger partial charge >= 0.3 is 0 Å². The first-order valence-electron chi connectivity index (χ1n) is 10.3. The summed E-state index contributed by atoms with van der Waals surface area (Å²) in [5.41, 5.74) is 3.38. The van der Waals surface area contributed by atoms with Crippen LogP contribution in [0.3, 0.4) is 0 Å². The van der Waals surface area contributed by atoms with Gasteiger partial charge in [-0.1, -0.05) is 35.5 Å². The van der Waals surface area contributed by atoms with Gasteiger partial charge in [-0.3, -0.25) is 14.6 Å². The van der Waals surface area contributed by atoms with E-state index in [4.69, 9.17) is 14.6 Å². The fourth-order valence-electron chi connectivity index (χ4n) is 5.48. The first kappa shape index (κ1) is 17.1. The molecule has 1 aromatic heterocycles. The molecule has 2 amide bonds. The van der Waals surface area contributed by atoms with Gasteiger partial charge in [0.25, 0.3) is 0 Å². The van der Waals surface area contributed by atoms with Crippen molar-refractivity contribution >= 4 is 34.2 Å². The Bertz CT molecular complexity index is 1290. The molecule has 8 heteroatoms. The van der Waals surface area contributed by atoms with Gasteiger partial charge in [-0.05, 0) is 24.3 Å². The standard InChI is InChI=1S/C23H16N4O4/c28-22-15-16(23(29)27(22)11-6-2-1-3-7-11)20-21-17(19(15)30-20)18(26-31-21)14-10-24-12-8-4-5-9-13(12)25-14/h1-10,15-17,19-21H/t15-,16+,17-,19-,20+,21-/m1/s1. The summed E-state index contributed by atoms with van der Waals surface area (Å²) in [7, 11) is 0. The average Bonchev–Trinajstić information content (AvgIpc) is 3.54. The highest BCUT2D eigenvalue weighted by molar-refractivity contribution is 6.23. The third kappa shape index (κ3) is 2.14. The second kappa shape index (κ2) is 5.95. The maximum atomic E-state index is 13.3. The lowest BCUT2D eigenvalue weighted by molar-refractivity contribution is -0.125. The molecule has 31 heavy (non-hydrogen) atoms. The number of anilines is 1. The van der Waals surface area contributed by atoms with E-state index in [1.165, 1.54) is 4.90 Å². The van der Waals surface area contributed by atoms with Gasteiger partial charge in [0.2, 0.25) is 11.8 Å². The van der Waals surface area contributed by atoms with Crippen LogP contribution in [0.5, 0.6) is 0 Å². The molecule has 0 saturated carbocycles. The van der Waals surface area contributed by atoms with Crippen LogP contribution < -0.4 is 4.90 Å². The number of oxime groups is 1. The fraction of sp³-hybridized carbons (Fsp3) is 0.261. The van der Waals surface area contributed by atoms with Gasteiger partial charge in [0.1, 0.15) is 17.5 Å². The Morgan fingerprint density at radius 2 is 1.48 bits per heavy atom. The molecule has 4 aliphatic heterocycles. The highest BCUT2D eigenvalue weighted by Crippen LogP contribution is 2.55. The zero-order valence-electron chi connectivity index (χ0n) is 16.2. The number of aromatic nitrogens is 2. The fourth-order valence-corrected chi connectivity index (χ4v) is 5.48. The second-order valence-electron chi connectivity index (χ2n) is 8.28. The monoisotopic (exact) mass is 412 g/mol. The van der Waals surface area contributed by atoms with Crippen molar-refractivity contribution < 1.29 is 19.2 Å². The molecule has 0 unspecified atom stereocenters. The lowest BCUT2D eigenvalue weighted by Crippen LogP contribution is -2.45. The van der Waals surface area contributed by atoms with E-state index in [1.54, 1.807) is 18.3 Å². The molecular formula is C23H16N4O4. The van der Waals surface area contributed by atoms with Crippen molar-refractivity contribution in [3.63, 3.8) is 0 Å². The molecule has 7 rings (SSSR count). The van der Waals surface area contributed by atoms with Gasteiger partial charge < -0.3 is 9.57 Å². The molecule has 2 aromatic carbocycles. The Morgan fingerprint density at radius 1 is 0.774 bits per heavy atom. The Morgan fingerprint density at radius 3 is 2.29 bits per heavy atom. The minimum absolute atomic E-state index is 0.219. The van der Waals surface area contributed by atoms with E-state index < -0.39 is 30.1 Å². The van der Waals surface area contributed by atoms with Crippen LogP contribution in [0.2, 0.25) is 0 Å². The SMILES string of the molecule is O=C1[C@@H]2[C@@H]3O[C@@H]([C@H]4C(c5cnc6ccccc6n5)=NO[C@@H]34)[C@@H]2C(=O)N1c1ccccc1. The van der Waals surface area contributed by atoms with Crippen LogP contribution in [0.4, 0.5) is 5.69 Å². The molecule has 2 bridgehead atoms. The minimum Gasteiger partial charge on any atom is -0.389 e. The largest absolute Gasteiger partial charge is 0.389 e. The van der Waals surface area contributed by atoms with Gasteiger partial charge in [0, 0.05) is 0 Å². The number of amides is 2. The first-order chi connectivity index (χ1) is 15.2. The van der Waals surface area contributed by atoms with Gasteiger partial charge in [-0.15, -0.1) is 0 Å². The summed E-state index contributed by atoms with van der Waals surface area (Å²) in [5, 5.41) is 4.29. The number of hydrogen-bond donors (Lipinski definition) is 0. The van der Waals surface area contributed by atoms with Crippen LogP contribution in [0.1, 0.15) is 5.69 Å². The number of rotatable bonds is 2. The summed E-state index contributed by atoms with van der Waals surface area (Å²) in [5.74, 6) is -1.79. The molecule has 3 aromatic rings. The Hall–Kier alpha value is -3.65. The lowest BCUT2D eigenvalue weighted by Gasteiger charge is -2.25. The first-order valence-corrected chi connectivity index (χ1v) is 10.3. The van der Waals surface area contributed by atoms with Crippen LogP contribution in [-0.4, -0.2) is 45.8 Å². The number of nitrogens with zero attached hydrogens (tertiary/aromatic N) is 4. The second-order valence-corrected chi connectivity index (χ2v) is 8.28. The zero-order chi connectivity index (χ0) is 20.7. The summed E-state index contributed by atoms with van der Waals surface area (Å²) < 4.78 is 6.15. The van der Waals surface area contributed by atoms with E-state index in [0.29, 0.717) is 17.1 Å². The molecule has 3 saturated heterocycles. The predicted molar refractivity (Wildman–Crippen MR) is 109 cm³/mol. The zero-order valence-corrected chi connectivity index (χ0v) is 16.2. The van der Waals surface area contributed by atoms with Crippen molar-refractivity contribution in [2.24, 2.45) is 22.9 Å². The molecule has 8 nitrogen and oxygen atoms in total. The Labute approximate surface area is 176 Å². The number of fused-ring (bicyclic) bond motifs is 9. The summed E-state index contributed by atoms with van der Waals surface area (Å²) in [6, 6.07) is 16.6. The van der Waals surface area contributed by atoms with E-state index >= 15 is 0 Å². The van der Waals surface area contributed by atoms with Crippen LogP contribution in [-0.2, 0) is 19.2 Å². The van der Waals surface area contributed by atoms with Gasteiger partial charge in [0.05, 0.1) is 46.8 Å². The summed E-state index contributed by atoms with van der Waals surface area (Å²) >= 11 is 0. The number of imide groups is 1. The summed E-state index contributed by atoms with van der Waals surface area (Å²) in [4.78, 5) is 42.7.